The van der Waals surface area contributed by atoms with Crippen molar-refractivity contribution in [3.05, 3.63) is 71.0 Å². The first-order valence-corrected chi connectivity index (χ1v) is 7.63. The number of hydrogen-bond donors (Lipinski definition) is 0. The van der Waals surface area contributed by atoms with E-state index in [0.29, 0.717) is 22.4 Å². The molecule has 0 amide bonds. The Bertz CT molecular complexity index is 834. The number of benzene rings is 2. The maximum atomic E-state index is 12.0. The van der Waals surface area contributed by atoms with Gasteiger partial charge in [-0.3, -0.25) is 0 Å². The van der Waals surface area contributed by atoms with Crippen LogP contribution in [0.3, 0.4) is 0 Å². The molecule has 25 heavy (non-hydrogen) atoms. The molecule has 0 aliphatic heterocycles. The summed E-state index contributed by atoms with van der Waals surface area (Å²) in [6.07, 6.45) is 1.35. The highest BCUT2D eigenvalue weighted by Gasteiger charge is 2.17. The number of carbonyl (C=O) groups excluding carboxylic acids is 1. The first-order chi connectivity index (χ1) is 12.1. The molecule has 0 saturated heterocycles. The third-order valence-corrected chi connectivity index (χ3v) is 3.65. The molecule has 0 unspecified atom stereocenters. The smallest absolute Gasteiger partial charge is 0.341 e. The number of hydrogen-bond acceptors (Lipinski definition) is 5. The largest absolute Gasteiger partial charge is 0.503 e. The Morgan fingerprint density at radius 3 is 2.64 bits per heavy atom. The van der Waals surface area contributed by atoms with Crippen LogP contribution in [0, 0.1) is 18.3 Å². The Hall–Kier alpha value is -3.26. The number of carbonyl (C=O) groups is 1. The molecule has 0 radical (unpaired) electrons. The first kappa shape index (κ1) is 18.1. The fourth-order valence-corrected chi connectivity index (χ4v) is 2.34. The van der Waals surface area contributed by atoms with Crippen LogP contribution in [0.25, 0.3) is 5.57 Å². The van der Waals surface area contributed by atoms with Crippen LogP contribution in [-0.2, 0) is 20.9 Å². The molecule has 0 aliphatic rings. The molecule has 2 rings (SSSR count). The number of methoxy groups -OCH3 is 2. The number of rotatable bonds is 6. The summed E-state index contributed by atoms with van der Waals surface area (Å²) in [4.78, 5) is 12.0. The zero-order valence-electron chi connectivity index (χ0n) is 14.4. The van der Waals surface area contributed by atoms with Gasteiger partial charge in [0.25, 0.3) is 0 Å². The van der Waals surface area contributed by atoms with Gasteiger partial charge in [-0.1, -0.05) is 30.3 Å². The van der Waals surface area contributed by atoms with E-state index in [2.05, 4.69) is 6.07 Å². The quantitative estimate of drug-likeness (QED) is 0.457. The van der Waals surface area contributed by atoms with Crippen LogP contribution < -0.4 is 4.74 Å². The van der Waals surface area contributed by atoms with E-state index < -0.39 is 5.97 Å². The highest BCUT2D eigenvalue weighted by molar-refractivity contribution is 6.16. The summed E-state index contributed by atoms with van der Waals surface area (Å²) in [7, 11) is 2.79. The lowest BCUT2D eigenvalue weighted by molar-refractivity contribution is -0.133. The van der Waals surface area contributed by atoms with E-state index in [0.717, 1.165) is 11.1 Å². The van der Waals surface area contributed by atoms with Crippen LogP contribution in [0.2, 0.25) is 0 Å². The van der Waals surface area contributed by atoms with Gasteiger partial charge in [-0.2, -0.15) is 5.26 Å². The Kier molecular flexibility index (Phi) is 6.19. The zero-order valence-corrected chi connectivity index (χ0v) is 14.4. The predicted molar refractivity (Wildman–Crippen MR) is 93.7 cm³/mol. The minimum Gasteiger partial charge on any atom is -0.503 e. The third kappa shape index (κ3) is 4.39. The van der Waals surface area contributed by atoms with Crippen molar-refractivity contribution in [1.82, 2.24) is 0 Å². The highest BCUT2D eigenvalue weighted by atomic mass is 16.5. The van der Waals surface area contributed by atoms with Gasteiger partial charge < -0.3 is 14.2 Å². The molecule has 0 aliphatic carbocycles. The predicted octanol–water partition coefficient (Wildman–Crippen LogP) is 3.61. The van der Waals surface area contributed by atoms with Crippen LogP contribution in [0.4, 0.5) is 0 Å². The first-order valence-electron chi connectivity index (χ1n) is 7.63. The van der Waals surface area contributed by atoms with Crippen LogP contribution >= 0.6 is 0 Å². The second kappa shape index (κ2) is 8.55. The molecule has 0 bridgehead atoms. The van der Waals surface area contributed by atoms with Crippen LogP contribution in [0.1, 0.15) is 22.3 Å². The summed E-state index contributed by atoms with van der Waals surface area (Å²) in [5.41, 5.74) is 3.25. The Morgan fingerprint density at radius 1 is 1.20 bits per heavy atom. The van der Waals surface area contributed by atoms with Crippen molar-refractivity contribution < 1.29 is 19.0 Å². The van der Waals surface area contributed by atoms with Crippen molar-refractivity contribution in [3.63, 3.8) is 0 Å². The van der Waals surface area contributed by atoms with E-state index in [1.807, 2.05) is 31.2 Å². The van der Waals surface area contributed by atoms with Gasteiger partial charge >= 0.3 is 5.97 Å². The summed E-state index contributed by atoms with van der Waals surface area (Å²) < 4.78 is 15.7. The standard InChI is InChI=1S/C20H19NO4/c1-14-8-9-15(11-21)10-19(14)25-12-16-6-4-5-7-17(16)18(13-23-2)20(22)24-3/h4-10,13H,12H2,1-3H3. The minimum absolute atomic E-state index is 0.240. The van der Waals surface area contributed by atoms with E-state index in [4.69, 9.17) is 19.5 Å². The molecular weight excluding hydrogens is 318 g/mol. The fraction of sp³-hybridized carbons (Fsp3) is 0.200. The molecule has 2 aromatic carbocycles. The molecule has 2 aromatic rings. The van der Waals surface area contributed by atoms with Gasteiger partial charge in [-0.15, -0.1) is 0 Å². The lowest BCUT2D eigenvalue weighted by Crippen LogP contribution is -2.08. The van der Waals surface area contributed by atoms with Crippen molar-refractivity contribution >= 4 is 11.5 Å². The van der Waals surface area contributed by atoms with E-state index in [9.17, 15) is 4.79 Å². The van der Waals surface area contributed by atoms with Gasteiger partial charge in [0.05, 0.1) is 32.1 Å². The van der Waals surface area contributed by atoms with E-state index in [1.165, 1.54) is 20.5 Å². The minimum atomic E-state index is -0.489. The van der Waals surface area contributed by atoms with Gasteiger partial charge in [0, 0.05) is 0 Å². The molecule has 0 aromatic heterocycles. The highest BCUT2D eigenvalue weighted by Crippen LogP contribution is 2.24. The number of esters is 1. The average Bonchev–Trinajstić information content (AvgIpc) is 2.65. The van der Waals surface area contributed by atoms with Gasteiger partial charge in [-0.25, -0.2) is 4.79 Å². The van der Waals surface area contributed by atoms with Gasteiger partial charge in [0.2, 0.25) is 0 Å². The van der Waals surface area contributed by atoms with Gasteiger partial charge in [0.1, 0.15) is 17.9 Å². The van der Waals surface area contributed by atoms with E-state index >= 15 is 0 Å². The molecule has 0 N–H and O–H groups in total. The van der Waals surface area contributed by atoms with Crippen molar-refractivity contribution in [3.8, 4) is 11.8 Å². The molecule has 128 valence electrons. The topological polar surface area (TPSA) is 68.6 Å². The lowest BCUT2D eigenvalue weighted by atomic mass is 10.0. The van der Waals surface area contributed by atoms with E-state index in [-0.39, 0.29) is 6.61 Å². The summed E-state index contributed by atoms with van der Waals surface area (Å²) in [5.74, 6) is 0.140. The average molecular weight is 337 g/mol. The van der Waals surface area contributed by atoms with Crippen LogP contribution in [0.5, 0.6) is 5.75 Å². The number of ether oxygens (including phenoxy) is 3. The maximum Gasteiger partial charge on any atom is 0.341 e. The number of aryl methyl sites for hydroxylation is 1. The summed E-state index contributed by atoms with van der Waals surface area (Å²) >= 11 is 0. The molecule has 0 heterocycles. The second-order valence-corrected chi connectivity index (χ2v) is 5.30. The Morgan fingerprint density at radius 2 is 1.96 bits per heavy atom. The molecular formula is C20H19NO4. The molecule has 5 nitrogen and oxygen atoms in total. The van der Waals surface area contributed by atoms with Crippen molar-refractivity contribution in [2.24, 2.45) is 0 Å². The molecule has 0 spiro atoms. The van der Waals surface area contributed by atoms with Crippen molar-refractivity contribution in [1.29, 1.82) is 5.26 Å². The van der Waals surface area contributed by atoms with Gasteiger partial charge in [-0.05, 0) is 35.7 Å². The van der Waals surface area contributed by atoms with Crippen LogP contribution in [0.15, 0.2) is 48.7 Å². The molecule has 5 heteroatoms. The van der Waals surface area contributed by atoms with Crippen LogP contribution in [-0.4, -0.2) is 20.2 Å². The zero-order chi connectivity index (χ0) is 18.2. The summed E-state index contributed by atoms with van der Waals surface area (Å²) in [6, 6.07) is 14.7. The molecule has 0 saturated carbocycles. The number of nitrogens with zero attached hydrogens (tertiary/aromatic N) is 1. The normalized spacial score (nSPS) is 10.7. The van der Waals surface area contributed by atoms with Gasteiger partial charge in [0.15, 0.2) is 0 Å². The monoisotopic (exact) mass is 337 g/mol. The fourth-order valence-electron chi connectivity index (χ4n) is 2.34. The maximum absolute atomic E-state index is 12.0. The Balaban J connectivity index is 2.31. The third-order valence-electron chi connectivity index (χ3n) is 3.65. The SMILES string of the molecule is COC=C(C(=O)OC)c1ccccc1COc1cc(C#N)ccc1C. The lowest BCUT2D eigenvalue weighted by Gasteiger charge is -2.14. The summed E-state index contributed by atoms with van der Waals surface area (Å²) in [6.45, 7) is 2.15. The number of nitriles is 1. The second-order valence-electron chi connectivity index (χ2n) is 5.30. The summed E-state index contributed by atoms with van der Waals surface area (Å²) in [5, 5.41) is 9.02. The molecule has 0 atom stereocenters. The Labute approximate surface area is 147 Å². The van der Waals surface area contributed by atoms with Crippen molar-refractivity contribution in [2.75, 3.05) is 14.2 Å². The molecule has 0 fully saturated rings. The van der Waals surface area contributed by atoms with Crippen molar-refractivity contribution in [2.45, 2.75) is 13.5 Å². The van der Waals surface area contributed by atoms with E-state index in [1.54, 1.807) is 18.2 Å².